The van der Waals surface area contributed by atoms with Crippen LogP contribution in [0.5, 0.6) is 17.2 Å². The zero-order valence-electron chi connectivity index (χ0n) is 15.6. The number of hydrogen-bond donors (Lipinski definition) is 1. The highest BCUT2D eigenvalue weighted by Gasteiger charge is 2.17. The van der Waals surface area contributed by atoms with Crippen molar-refractivity contribution in [2.24, 2.45) is 5.10 Å². The summed E-state index contributed by atoms with van der Waals surface area (Å²) in [5, 5.41) is 15.0. The molecule has 0 aliphatic carbocycles. The largest absolute Gasteiger partial charge is 0.493 e. The average Bonchev–Trinajstić information content (AvgIpc) is 2.70. The number of methoxy groups -OCH3 is 3. The molecule has 2 aromatic rings. The predicted molar refractivity (Wildman–Crippen MR) is 104 cm³/mol. The number of ether oxygens (including phenoxy) is 3. The van der Waals surface area contributed by atoms with Gasteiger partial charge in [0, 0.05) is 17.2 Å². The van der Waals surface area contributed by atoms with Gasteiger partial charge in [-0.1, -0.05) is 17.7 Å². The second-order valence-corrected chi connectivity index (χ2v) is 5.88. The van der Waals surface area contributed by atoms with Crippen molar-refractivity contribution >= 4 is 28.9 Å². The monoisotopic (exact) mass is 407 g/mol. The number of nitrogens with one attached hydrogen (secondary N) is 1. The molecular weight excluding hydrogens is 390 g/mol. The van der Waals surface area contributed by atoms with Crippen LogP contribution >= 0.6 is 11.6 Å². The fourth-order valence-electron chi connectivity index (χ4n) is 2.35. The molecule has 1 amide bonds. The van der Waals surface area contributed by atoms with E-state index >= 15 is 0 Å². The van der Waals surface area contributed by atoms with Gasteiger partial charge in [0.25, 0.3) is 11.6 Å². The van der Waals surface area contributed by atoms with Crippen LogP contribution in [0, 0.1) is 10.1 Å². The van der Waals surface area contributed by atoms with Gasteiger partial charge in [0.1, 0.15) is 5.02 Å². The first-order valence-corrected chi connectivity index (χ1v) is 8.29. The summed E-state index contributed by atoms with van der Waals surface area (Å²) in [5.41, 5.74) is 3.19. The Morgan fingerprint density at radius 2 is 1.68 bits per heavy atom. The van der Waals surface area contributed by atoms with E-state index in [1.165, 1.54) is 45.6 Å². The van der Waals surface area contributed by atoms with Crippen molar-refractivity contribution in [3.05, 3.63) is 56.6 Å². The maximum atomic E-state index is 12.4. The SMILES string of the molecule is COc1cc(C(=O)N/N=C(/C)c2ccc(Cl)c([N+](=O)[O-])c2)cc(OC)c1OC. The average molecular weight is 408 g/mol. The smallest absolute Gasteiger partial charge is 0.288 e. The predicted octanol–water partition coefficient (Wildman–Crippen LogP) is 3.43. The Hall–Kier alpha value is -3.33. The number of nitrogens with zero attached hydrogens (tertiary/aromatic N) is 2. The van der Waals surface area contributed by atoms with E-state index in [0.29, 0.717) is 28.5 Å². The second-order valence-electron chi connectivity index (χ2n) is 5.48. The number of rotatable bonds is 7. The van der Waals surface area contributed by atoms with Gasteiger partial charge in [-0.25, -0.2) is 5.43 Å². The summed E-state index contributed by atoms with van der Waals surface area (Å²) >= 11 is 5.80. The quantitative estimate of drug-likeness (QED) is 0.427. The van der Waals surface area contributed by atoms with Crippen LogP contribution in [0.4, 0.5) is 5.69 Å². The number of hydrogen-bond acceptors (Lipinski definition) is 7. The van der Waals surface area contributed by atoms with Gasteiger partial charge < -0.3 is 14.2 Å². The first-order chi connectivity index (χ1) is 13.3. The lowest BCUT2D eigenvalue weighted by Crippen LogP contribution is -2.19. The minimum absolute atomic E-state index is 0.0167. The molecule has 0 aliphatic heterocycles. The van der Waals surface area contributed by atoms with Crippen molar-refractivity contribution in [2.45, 2.75) is 6.92 Å². The minimum atomic E-state index is -0.590. The van der Waals surface area contributed by atoms with E-state index in [1.807, 2.05) is 0 Å². The number of carbonyl (C=O) groups is 1. The minimum Gasteiger partial charge on any atom is -0.493 e. The molecule has 2 aromatic carbocycles. The van der Waals surface area contributed by atoms with Crippen LogP contribution in [0.1, 0.15) is 22.8 Å². The summed E-state index contributed by atoms with van der Waals surface area (Å²) in [5.74, 6) is 0.471. The highest BCUT2D eigenvalue weighted by Crippen LogP contribution is 2.38. The first-order valence-electron chi connectivity index (χ1n) is 7.91. The van der Waals surface area contributed by atoms with E-state index in [1.54, 1.807) is 13.0 Å². The normalized spacial score (nSPS) is 11.0. The lowest BCUT2D eigenvalue weighted by molar-refractivity contribution is -0.384. The van der Waals surface area contributed by atoms with Crippen molar-refractivity contribution < 1.29 is 23.9 Å². The molecule has 0 saturated carbocycles. The summed E-state index contributed by atoms with van der Waals surface area (Å²) in [6, 6.07) is 7.21. The van der Waals surface area contributed by atoms with Crippen molar-refractivity contribution in [3.8, 4) is 17.2 Å². The van der Waals surface area contributed by atoms with Crippen molar-refractivity contribution in [2.75, 3.05) is 21.3 Å². The molecule has 1 N–H and O–H groups in total. The second kappa shape index (κ2) is 9.05. The summed E-state index contributed by atoms with van der Waals surface area (Å²) < 4.78 is 15.6. The van der Waals surface area contributed by atoms with E-state index in [-0.39, 0.29) is 16.3 Å². The van der Waals surface area contributed by atoms with Crippen LogP contribution in [0.15, 0.2) is 35.4 Å². The Morgan fingerprint density at radius 1 is 1.07 bits per heavy atom. The fraction of sp³-hybridized carbons (Fsp3) is 0.222. The molecule has 0 fully saturated rings. The van der Waals surface area contributed by atoms with Gasteiger partial charge in [0.15, 0.2) is 11.5 Å². The van der Waals surface area contributed by atoms with E-state index in [4.69, 9.17) is 25.8 Å². The van der Waals surface area contributed by atoms with Crippen LogP contribution < -0.4 is 19.6 Å². The number of benzene rings is 2. The molecule has 0 atom stereocenters. The van der Waals surface area contributed by atoms with Crippen molar-refractivity contribution in [3.63, 3.8) is 0 Å². The van der Waals surface area contributed by atoms with E-state index < -0.39 is 10.8 Å². The van der Waals surface area contributed by atoms with Crippen LogP contribution in [0.3, 0.4) is 0 Å². The molecule has 0 unspecified atom stereocenters. The molecule has 0 saturated heterocycles. The lowest BCUT2D eigenvalue weighted by atomic mass is 10.1. The number of hydrazone groups is 1. The number of nitro benzene ring substituents is 1. The summed E-state index contributed by atoms with van der Waals surface area (Å²) in [6.07, 6.45) is 0. The molecule has 0 aliphatic rings. The zero-order valence-corrected chi connectivity index (χ0v) is 16.4. The van der Waals surface area contributed by atoms with E-state index in [9.17, 15) is 14.9 Å². The Kier molecular flexibility index (Phi) is 6.78. The van der Waals surface area contributed by atoms with Gasteiger partial charge in [-0.15, -0.1) is 0 Å². The van der Waals surface area contributed by atoms with E-state index in [0.717, 1.165) is 0 Å². The maximum absolute atomic E-state index is 12.4. The van der Waals surface area contributed by atoms with Gasteiger partial charge in [-0.3, -0.25) is 14.9 Å². The first kappa shape index (κ1) is 21.0. The Labute approximate surface area is 166 Å². The summed E-state index contributed by atoms with van der Waals surface area (Å²) in [7, 11) is 4.34. The molecule has 148 valence electrons. The van der Waals surface area contributed by atoms with Gasteiger partial charge in [-0.2, -0.15) is 5.10 Å². The maximum Gasteiger partial charge on any atom is 0.288 e. The topological polar surface area (TPSA) is 112 Å². The van der Waals surface area contributed by atoms with Crippen LogP contribution in [0.25, 0.3) is 0 Å². The summed E-state index contributed by atoms with van der Waals surface area (Å²) in [6.45, 7) is 1.60. The Balaban J connectivity index is 2.28. The molecule has 0 radical (unpaired) electrons. The molecule has 10 heteroatoms. The molecule has 0 aromatic heterocycles. The third kappa shape index (κ3) is 4.49. The number of amides is 1. The molecule has 2 rings (SSSR count). The van der Waals surface area contributed by atoms with Crippen LogP contribution in [-0.4, -0.2) is 37.9 Å². The third-order valence-corrected chi connectivity index (χ3v) is 4.13. The van der Waals surface area contributed by atoms with Crippen LogP contribution in [0.2, 0.25) is 5.02 Å². The number of halogens is 1. The van der Waals surface area contributed by atoms with Crippen molar-refractivity contribution in [1.29, 1.82) is 0 Å². The third-order valence-electron chi connectivity index (χ3n) is 3.81. The summed E-state index contributed by atoms with van der Waals surface area (Å²) in [4.78, 5) is 22.9. The number of carbonyl (C=O) groups excluding carboxylic acids is 1. The van der Waals surface area contributed by atoms with Crippen LogP contribution in [-0.2, 0) is 0 Å². The molecular formula is C18H18ClN3O6. The Bertz CT molecular complexity index is 920. The number of nitro groups is 1. The van der Waals surface area contributed by atoms with Gasteiger partial charge in [0.2, 0.25) is 5.75 Å². The molecule has 28 heavy (non-hydrogen) atoms. The molecule has 9 nitrogen and oxygen atoms in total. The molecule has 0 bridgehead atoms. The zero-order chi connectivity index (χ0) is 20.8. The van der Waals surface area contributed by atoms with E-state index in [2.05, 4.69) is 10.5 Å². The highest BCUT2D eigenvalue weighted by molar-refractivity contribution is 6.32. The standard InChI is InChI=1S/C18H18ClN3O6/c1-10(11-5-6-13(19)14(7-11)22(24)25)20-21-18(23)12-8-15(26-2)17(28-4)16(9-12)27-3/h5-9H,1-4H3,(H,21,23)/b20-10-. The van der Waals surface area contributed by atoms with Crippen molar-refractivity contribution in [1.82, 2.24) is 5.43 Å². The van der Waals surface area contributed by atoms with Gasteiger partial charge in [-0.05, 0) is 25.1 Å². The fourth-order valence-corrected chi connectivity index (χ4v) is 2.54. The lowest BCUT2D eigenvalue weighted by Gasteiger charge is -2.13. The Morgan fingerprint density at radius 3 is 2.18 bits per heavy atom. The molecule has 0 heterocycles. The van der Waals surface area contributed by atoms with Gasteiger partial charge >= 0.3 is 0 Å². The van der Waals surface area contributed by atoms with Gasteiger partial charge in [0.05, 0.1) is 32.0 Å². The highest BCUT2D eigenvalue weighted by atomic mass is 35.5. The molecule has 0 spiro atoms.